The molecule has 1 N–H and O–H groups in total. The lowest BCUT2D eigenvalue weighted by atomic mass is 9.96. The van der Waals surface area contributed by atoms with Gasteiger partial charge in [-0.1, -0.05) is 0 Å². The van der Waals surface area contributed by atoms with E-state index in [2.05, 4.69) is 0 Å². The summed E-state index contributed by atoms with van der Waals surface area (Å²) in [4.78, 5) is 22.5. The predicted molar refractivity (Wildman–Crippen MR) is 53.5 cm³/mol. The largest absolute Gasteiger partial charge is 0.475 e. The number of hydrogen-bond donors (Lipinski definition) is 1. The van der Waals surface area contributed by atoms with Gasteiger partial charge in [0.05, 0.1) is 12.0 Å². The van der Waals surface area contributed by atoms with E-state index in [4.69, 9.17) is 14.3 Å². The van der Waals surface area contributed by atoms with Crippen molar-refractivity contribution in [2.75, 3.05) is 6.61 Å². The number of carbonyl (C=O) groups excluding carboxylic acids is 1. The molecular weight excluding hydrogens is 212 g/mol. The number of furan rings is 1. The van der Waals surface area contributed by atoms with Gasteiger partial charge in [-0.25, -0.2) is 4.79 Å². The molecule has 86 valence electrons. The Morgan fingerprint density at radius 3 is 2.56 bits per heavy atom. The van der Waals surface area contributed by atoms with Crippen LogP contribution in [0, 0.1) is 5.92 Å². The molecule has 1 fully saturated rings. The smallest absolute Gasteiger partial charge is 0.371 e. The van der Waals surface area contributed by atoms with Gasteiger partial charge in [-0.05, 0) is 25.5 Å². The highest BCUT2D eigenvalue weighted by Gasteiger charge is 2.33. The van der Waals surface area contributed by atoms with Crippen LogP contribution in [0.1, 0.15) is 34.5 Å². The lowest BCUT2D eigenvalue weighted by Gasteiger charge is -2.10. The summed E-state index contributed by atoms with van der Waals surface area (Å²) >= 11 is 0. The maximum absolute atomic E-state index is 11.9. The van der Waals surface area contributed by atoms with Gasteiger partial charge >= 0.3 is 5.97 Å². The third-order valence-electron chi connectivity index (χ3n) is 2.77. The number of aromatic carboxylic acids is 1. The summed E-state index contributed by atoms with van der Waals surface area (Å²) < 4.78 is 10.2. The van der Waals surface area contributed by atoms with Crippen LogP contribution in [0.3, 0.4) is 0 Å². The van der Waals surface area contributed by atoms with E-state index < -0.39 is 5.97 Å². The number of rotatable bonds is 3. The zero-order valence-electron chi connectivity index (χ0n) is 8.80. The zero-order chi connectivity index (χ0) is 11.7. The number of carboxylic acid groups (broad SMARTS) is 1. The molecule has 2 unspecified atom stereocenters. The first-order valence-corrected chi connectivity index (χ1v) is 5.08. The van der Waals surface area contributed by atoms with Gasteiger partial charge in [0.25, 0.3) is 0 Å². The first-order valence-electron chi connectivity index (χ1n) is 5.08. The Morgan fingerprint density at radius 1 is 1.38 bits per heavy atom. The molecule has 2 atom stereocenters. The normalized spacial score (nSPS) is 24.6. The molecule has 1 aliphatic heterocycles. The van der Waals surface area contributed by atoms with Crippen LogP contribution in [-0.2, 0) is 4.74 Å². The minimum atomic E-state index is -1.17. The Labute approximate surface area is 92.0 Å². The summed E-state index contributed by atoms with van der Waals surface area (Å²) in [6.07, 6.45) is 0.522. The molecule has 1 aliphatic rings. The molecule has 1 aromatic rings. The Morgan fingerprint density at radius 2 is 2.06 bits per heavy atom. The van der Waals surface area contributed by atoms with Gasteiger partial charge in [-0.15, -0.1) is 0 Å². The molecule has 2 heterocycles. The first-order chi connectivity index (χ1) is 7.59. The zero-order valence-corrected chi connectivity index (χ0v) is 8.80. The molecular formula is C11H12O5. The summed E-state index contributed by atoms with van der Waals surface area (Å²) in [5, 5.41) is 8.67. The van der Waals surface area contributed by atoms with E-state index in [1.165, 1.54) is 12.1 Å². The second kappa shape index (κ2) is 4.09. The van der Waals surface area contributed by atoms with E-state index in [1.807, 2.05) is 6.92 Å². The molecule has 0 aliphatic carbocycles. The maximum atomic E-state index is 11.9. The molecule has 2 rings (SSSR count). The second-order valence-electron chi connectivity index (χ2n) is 3.80. The number of carboxylic acids is 1. The van der Waals surface area contributed by atoms with Crippen molar-refractivity contribution in [3.8, 4) is 0 Å². The van der Waals surface area contributed by atoms with Crippen molar-refractivity contribution in [3.05, 3.63) is 23.7 Å². The van der Waals surface area contributed by atoms with E-state index >= 15 is 0 Å². The SMILES string of the molecule is CC1OCCC1C(=O)c1ccc(C(=O)O)o1. The lowest BCUT2D eigenvalue weighted by molar-refractivity contribution is 0.0655. The van der Waals surface area contributed by atoms with E-state index in [9.17, 15) is 9.59 Å². The minimum Gasteiger partial charge on any atom is -0.475 e. The molecule has 16 heavy (non-hydrogen) atoms. The van der Waals surface area contributed by atoms with Crippen molar-refractivity contribution in [2.45, 2.75) is 19.4 Å². The van der Waals surface area contributed by atoms with Crippen LogP contribution in [0.5, 0.6) is 0 Å². The number of hydrogen-bond acceptors (Lipinski definition) is 4. The Balaban J connectivity index is 2.17. The van der Waals surface area contributed by atoms with Gasteiger partial charge in [-0.2, -0.15) is 0 Å². The number of Topliss-reactive ketones (excluding diaryl/α,β-unsaturated/α-hetero) is 1. The Hall–Kier alpha value is -1.62. The highest BCUT2D eigenvalue weighted by atomic mass is 16.5. The predicted octanol–water partition coefficient (Wildman–Crippen LogP) is 1.59. The highest BCUT2D eigenvalue weighted by Crippen LogP contribution is 2.25. The van der Waals surface area contributed by atoms with Crippen LogP contribution in [0.4, 0.5) is 0 Å². The van der Waals surface area contributed by atoms with Crippen LogP contribution in [-0.4, -0.2) is 29.6 Å². The standard InChI is InChI=1S/C11H12O5/c1-6-7(4-5-15-6)10(12)8-2-3-9(16-8)11(13)14/h2-3,6-7H,4-5H2,1H3,(H,13,14). The van der Waals surface area contributed by atoms with E-state index in [1.54, 1.807) is 0 Å². The third-order valence-corrected chi connectivity index (χ3v) is 2.77. The van der Waals surface area contributed by atoms with E-state index in [0.717, 1.165) is 0 Å². The van der Waals surface area contributed by atoms with Gasteiger partial charge in [0.1, 0.15) is 0 Å². The quantitative estimate of drug-likeness (QED) is 0.789. The molecule has 5 heteroatoms. The summed E-state index contributed by atoms with van der Waals surface area (Å²) in [5.74, 6) is -1.70. The topological polar surface area (TPSA) is 76.7 Å². The second-order valence-corrected chi connectivity index (χ2v) is 3.80. The first kappa shape index (κ1) is 10.9. The average Bonchev–Trinajstić information content (AvgIpc) is 2.84. The fourth-order valence-corrected chi connectivity index (χ4v) is 1.84. The van der Waals surface area contributed by atoms with Gasteiger partial charge < -0.3 is 14.3 Å². The summed E-state index contributed by atoms with van der Waals surface area (Å²) in [7, 11) is 0. The molecule has 5 nitrogen and oxygen atoms in total. The van der Waals surface area contributed by atoms with Crippen molar-refractivity contribution in [1.29, 1.82) is 0 Å². The lowest BCUT2D eigenvalue weighted by Crippen LogP contribution is -2.21. The molecule has 1 saturated heterocycles. The summed E-state index contributed by atoms with van der Waals surface area (Å²) in [6.45, 7) is 2.39. The van der Waals surface area contributed by atoms with Crippen LogP contribution in [0.15, 0.2) is 16.5 Å². The summed E-state index contributed by atoms with van der Waals surface area (Å²) in [6, 6.07) is 2.69. The summed E-state index contributed by atoms with van der Waals surface area (Å²) in [5.41, 5.74) is 0. The minimum absolute atomic E-state index is 0.0970. The van der Waals surface area contributed by atoms with Crippen molar-refractivity contribution in [2.24, 2.45) is 5.92 Å². The Bertz CT molecular complexity index is 420. The molecule has 0 aromatic carbocycles. The number of ketones is 1. The molecule has 0 radical (unpaired) electrons. The number of ether oxygens (including phenoxy) is 1. The van der Waals surface area contributed by atoms with Gasteiger partial charge in [0.15, 0.2) is 5.76 Å². The van der Waals surface area contributed by atoms with Gasteiger partial charge in [-0.3, -0.25) is 4.79 Å². The van der Waals surface area contributed by atoms with Crippen molar-refractivity contribution in [1.82, 2.24) is 0 Å². The Kier molecular flexibility index (Phi) is 2.78. The molecule has 0 spiro atoms. The van der Waals surface area contributed by atoms with E-state index in [0.29, 0.717) is 13.0 Å². The van der Waals surface area contributed by atoms with E-state index in [-0.39, 0.29) is 29.3 Å². The molecule has 0 bridgehead atoms. The van der Waals surface area contributed by atoms with Crippen LogP contribution in [0.2, 0.25) is 0 Å². The maximum Gasteiger partial charge on any atom is 0.371 e. The monoisotopic (exact) mass is 224 g/mol. The van der Waals surface area contributed by atoms with Crippen molar-refractivity contribution < 1.29 is 23.8 Å². The average molecular weight is 224 g/mol. The molecule has 1 aromatic heterocycles. The number of carbonyl (C=O) groups is 2. The van der Waals surface area contributed by atoms with Gasteiger partial charge in [0, 0.05) is 6.61 Å². The molecule has 0 amide bonds. The van der Waals surface area contributed by atoms with Crippen molar-refractivity contribution in [3.63, 3.8) is 0 Å². The highest BCUT2D eigenvalue weighted by molar-refractivity contribution is 5.97. The van der Waals surface area contributed by atoms with Crippen molar-refractivity contribution >= 4 is 11.8 Å². The van der Waals surface area contributed by atoms with Crippen LogP contribution in [0.25, 0.3) is 0 Å². The van der Waals surface area contributed by atoms with Crippen LogP contribution < -0.4 is 0 Å². The fourth-order valence-electron chi connectivity index (χ4n) is 1.84. The van der Waals surface area contributed by atoms with Crippen LogP contribution >= 0.6 is 0 Å². The van der Waals surface area contributed by atoms with Gasteiger partial charge in [0.2, 0.25) is 11.5 Å². The fraction of sp³-hybridized carbons (Fsp3) is 0.455. The molecule has 0 saturated carbocycles. The third kappa shape index (κ3) is 1.86.